The van der Waals surface area contributed by atoms with Gasteiger partial charge in [-0.05, 0) is 42.7 Å². The molecule has 1 aliphatic heterocycles. The van der Waals surface area contributed by atoms with E-state index in [1.54, 1.807) is 23.7 Å². The lowest BCUT2D eigenvalue weighted by molar-refractivity contribution is 0.0678. The van der Waals surface area contributed by atoms with E-state index >= 15 is 0 Å². The van der Waals surface area contributed by atoms with E-state index in [0.29, 0.717) is 11.7 Å². The quantitative estimate of drug-likeness (QED) is 0.784. The van der Waals surface area contributed by atoms with Crippen LogP contribution in [-0.4, -0.2) is 33.9 Å². The summed E-state index contributed by atoms with van der Waals surface area (Å²) in [6.07, 6.45) is 6.16. The maximum absolute atomic E-state index is 12.9. The Morgan fingerprint density at radius 1 is 1.28 bits per heavy atom. The Hall–Kier alpha value is -2.47. The minimum Gasteiger partial charge on any atom is -0.382 e. The number of rotatable bonds is 3. The van der Waals surface area contributed by atoms with Crippen LogP contribution in [-0.2, 0) is 6.42 Å². The molecule has 0 bridgehead atoms. The monoisotopic (exact) mass is 352 g/mol. The normalized spacial score (nSPS) is 17.8. The van der Waals surface area contributed by atoms with Crippen LogP contribution in [0, 0.1) is 5.92 Å². The molecule has 2 aromatic heterocycles. The summed E-state index contributed by atoms with van der Waals surface area (Å²) in [5.41, 5.74) is 6.75. The zero-order chi connectivity index (χ0) is 17.2. The van der Waals surface area contributed by atoms with Gasteiger partial charge < -0.3 is 10.6 Å². The van der Waals surface area contributed by atoms with E-state index in [9.17, 15) is 4.79 Å². The molecule has 1 aliphatic rings. The second-order valence-corrected chi connectivity index (χ2v) is 7.58. The Morgan fingerprint density at radius 2 is 2.12 bits per heavy atom. The lowest BCUT2D eigenvalue weighted by atomic mass is 9.93. The fourth-order valence-electron chi connectivity index (χ4n) is 3.47. The number of hydrogen-bond donors (Lipinski definition) is 1. The molecule has 1 aromatic carbocycles. The lowest BCUT2D eigenvalue weighted by Crippen LogP contribution is -2.40. The van der Waals surface area contributed by atoms with E-state index in [0.717, 1.165) is 53.0 Å². The Kier molecular flexibility index (Phi) is 4.36. The van der Waals surface area contributed by atoms with E-state index < -0.39 is 0 Å². The molecule has 0 saturated carbocycles. The molecule has 1 atom stereocenters. The second-order valence-electron chi connectivity index (χ2n) is 6.50. The third kappa shape index (κ3) is 3.35. The summed E-state index contributed by atoms with van der Waals surface area (Å²) in [7, 11) is 0. The largest absolute Gasteiger partial charge is 0.382 e. The number of thiophene rings is 1. The number of hydrogen-bond acceptors (Lipinski definition) is 5. The van der Waals surface area contributed by atoms with Crippen molar-refractivity contribution in [2.45, 2.75) is 19.3 Å². The molecule has 0 radical (unpaired) electrons. The Balaban J connectivity index is 1.48. The van der Waals surface area contributed by atoms with Crippen LogP contribution in [0.15, 0.2) is 42.7 Å². The molecular weight excluding hydrogens is 332 g/mol. The minimum atomic E-state index is 0.137. The Bertz CT molecular complexity index is 874. The number of piperidine rings is 1. The zero-order valence-electron chi connectivity index (χ0n) is 13.9. The second kappa shape index (κ2) is 6.80. The molecule has 5 nitrogen and oxygen atoms in total. The molecule has 3 heterocycles. The fourth-order valence-corrected chi connectivity index (χ4v) is 4.50. The van der Waals surface area contributed by atoms with Crippen LogP contribution in [0.4, 0.5) is 5.82 Å². The van der Waals surface area contributed by atoms with E-state index in [1.807, 2.05) is 23.1 Å². The number of likely N-dealkylation sites (tertiary alicyclic amines) is 1. The van der Waals surface area contributed by atoms with E-state index in [2.05, 4.69) is 22.1 Å². The predicted octanol–water partition coefficient (Wildman–Crippen LogP) is 3.37. The van der Waals surface area contributed by atoms with Crippen molar-refractivity contribution >= 4 is 33.1 Å². The average molecular weight is 352 g/mol. The number of aromatic nitrogens is 2. The van der Waals surface area contributed by atoms with Gasteiger partial charge in [0.25, 0.3) is 5.91 Å². The van der Waals surface area contributed by atoms with Crippen LogP contribution in [0.2, 0.25) is 0 Å². The molecule has 128 valence electrons. The van der Waals surface area contributed by atoms with Crippen molar-refractivity contribution in [2.24, 2.45) is 5.92 Å². The van der Waals surface area contributed by atoms with Crippen LogP contribution >= 0.6 is 11.3 Å². The molecule has 4 rings (SSSR count). The van der Waals surface area contributed by atoms with Gasteiger partial charge in [-0.3, -0.25) is 9.78 Å². The predicted molar refractivity (Wildman–Crippen MR) is 101 cm³/mol. The molecule has 1 amide bonds. The van der Waals surface area contributed by atoms with E-state index in [1.165, 1.54) is 0 Å². The van der Waals surface area contributed by atoms with Gasteiger partial charge in [-0.25, -0.2) is 4.98 Å². The van der Waals surface area contributed by atoms with E-state index in [-0.39, 0.29) is 5.91 Å². The standard InChI is InChI=1S/C19H20N4OS/c20-18-15(21-7-8-22-18)10-13-4-3-9-23(12-13)19(24)17-11-14-5-1-2-6-16(14)25-17/h1-2,5-8,11,13H,3-4,9-10,12H2,(H2,20,22)/t13-/m0/s1. The van der Waals surface area contributed by atoms with Gasteiger partial charge in [-0.15, -0.1) is 11.3 Å². The van der Waals surface area contributed by atoms with E-state index in [4.69, 9.17) is 5.73 Å². The summed E-state index contributed by atoms with van der Waals surface area (Å²) in [4.78, 5) is 24.2. The van der Waals surface area contributed by atoms with Crippen LogP contribution in [0.1, 0.15) is 28.2 Å². The van der Waals surface area contributed by atoms with Crippen LogP contribution in [0.5, 0.6) is 0 Å². The number of carbonyl (C=O) groups is 1. The first-order valence-corrected chi connectivity index (χ1v) is 9.35. The summed E-state index contributed by atoms with van der Waals surface area (Å²) >= 11 is 1.57. The van der Waals surface area contributed by atoms with Crippen molar-refractivity contribution in [1.82, 2.24) is 14.9 Å². The first kappa shape index (κ1) is 16.0. The van der Waals surface area contributed by atoms with Gasteiger partial charge in [0.1, 0.15) is 5.82 Å². The molecular formula is C19H20N4OS. The molecule has 6 heteroatoms. The maximum Gasteiger partial charge on any atom is 0.263 e. The fraction of sp³-hybridized carbons (Fsp3) is 0.316. The van der Waals surface area contributed by atoms with Gasteiger partial charge in [0.05, 0.1) is 10.6 Å². The number of carbonyl (C=O) groups excluding carboxylic acids is 1. The third-order valence-corrected chi connectivity index (χ3v) is 5.83. The smallest absolute Gasteiger partial charge is 0.263 e. The highest BCUT2D eigenvalue weighted by Crippen LogP contribution is 2.28. The van der Waals surface area contributed by atoms with Gasteiger partial charge in [-0.2, -0.15) is 0 Å². The minimum absolute atomic E-state index is 0.137. The number of nitrogens with zero attached hydrogens (tertiary/aromatic N) is 3. The topological polar surface area (TPSA) is 72.1 Å². The first-order valence-electron chi connectivity index (χ1n) is 8.54. The van der Waals surface area contributed by atoms with Crippen molar-refractivity contribution < 1.29 is 4.79 Å². The summed E-state index contributed by atoms with van der Waals surface area (Å²) in [6, 6.07) is 10.1. The van der Waals surface area contributed by atoms with Crippen LogP contribution < -0.4 is 5.73 Å². The van der Waals surface area contributed by atoms with Crippen LogP contribution in [0.3, 0.4) is 0 Å². The van der Waals surface area contributed by atoms with Crippen molar-refractivity contribution in [2.75, 3.05) is 18.8 Å². The Labute approximate surface area is 150 Å². The lowest BCUT2D eigenvalue weighted by Gasteiger charge is -2.32. The maximum atomic E-state index is 12.9. The zero-order valence-corrected chi connectivity index (χ0v) is 14.7. The van der Waals surface area contributed by atoms with Crippen molar-refractivity contribution in [3.8, 4) is 0 Å². The number of fused-ring (bicyclic) bond motifs is 1. The van der Waals surface area contributed by atoms with Gasteiger partial charge in [0.2, 0.25) is 0 Å². The summed E-state index contributed by atoms with van der Waals surface area (Å²) in [5, 5.41) is 1.14. The van der Waals surface area contributed by atoms with Crippen molar-refractivity contribution in [3.63, 3.8) is 0 Å². The highest BCUT2D eigenvalue weighted by Gasteiger charge is 2.26. The van der Waals surface area contributed by atoms with Crippen LogP contribution in [0.25, 0.3) is 10.1 Å². The highest BCUT2D eigenvalue weighted by atomic mass is 32.1. The van der Waals surface area contributed by atoms with Gasteiger partial charge in [0.15, 0.2) is 0 Å². The number of amides is 1. The van der Waals surface area contributed by atoms with Gasteiger partial charge in [0, 0.05) is 30.2 Å². The van der Waals surface area contributed by atoms with Crippen molar-refractivity contribution in [1.29, 1.82) is 0 Å². The third-order valence-electron chi connectivity index (χ3n) is 4.73. The highest BCUT2D eigenvalue weighted by molar-refractivity contribution is 7.20. The molecule has 3 aromatic rings. The summed E-state index contributed by atoms with van der Waals surface area (Å²) in [6.45, 7) is 1.57. The van der Waals surface area contributed by atoms with Crippen molar-refractivity contribution in [3.05, 3.63) is 53.3 Å². The van der Waals surface area contributed by atoms with Gasteiger partial charge in [-0.1, -0.05) is 18.2 Å². The molecule has 1 saturated heterocycles. The number of nitrogen functional groups attached to an aromatic ring is 1. The average Bonchev–Trinajstić information content (AvgIpc) is 3.07. The first-order chi connectivity index (χ1) is 12.2. The summed E-state index contributed by atoms with van der Waals surface area (Å²) in [5.74, 6) is 1.01. The number of nitrogens with two attached hydrogens (primary N) is 1. The number of benzene rings is 1. The molecule has 0 spiro atoms. The number of anilines is 1. The Morgan fingerprint density at radius 3 is 2.96 bits per heavy atom. The summed E-state index contributed by atoms with van der Waals surface area (Å²) < 4.78 is 1.16. The molecule has 25 heavy (non-hydrogen) atoms. The molecule has 2 N–H and O–H groups in total. The molecule has 0 aliphatic carbocycles. The van der Waals surface area contributed by atoms with Gasteiger partial charge >= 0.3 is 0 Å². The SMILES string of the molecule is Nc1nccnc1C[C@@H]1CCCN(C(=O)c2cc3ccccc3s2)C1. The molecule has 1 fully saturated rings. The molecule has 0 unspecified atom stereocenters.